The molecule has 3 aromatic rings. The van der Waals surface area contributed by atoms with E-state index in [2.05, 4.69) is 32.2 Å². The third-order valence-corrected chi connectivity index (χ3v) is 5.48. The van der Waals surface area contributed by atoms with E-state index in [9.17, 15) is 0 Å². The Kier molecular flexibility index (Phi) is 4.85. The standard InChI is InChI=1S/C21H26N8/c1-27-9-11-28(12-10-27)20-13-18(24-21(25-20)16-5-3-2-4-6-16)22-14-19-23-15-29(26-19)17-7-8-17/h2-6,13,15,17H,7-12,14H2,1H3,(H,22,24,25). The second-order valence-corrected chi connectivity index (χ2v) is 7.82. The van der Waals surface area contributed by atoms with Crippen LogP contribution in [0.4, 0.5) is 11.6 Å². The minimum Gasteiger partial charge on any atom is -0.363 e. The minimum absolute atomic E-state index is 0.545. The van der Waals surface area contributed by atoms with Crippen molar-refractivity contribution in [2.45, 2.75) is 25.4 Å². The van der Waals surface area contributed by atoms with Gasteiger partial charge in [-0.25, -0.2) is 19.6 Å². The van der Waals surface area contributed by atoms with Crippen LogP contribution < -0.4 is 10.2 Å². The van der Waals surface area contributed by atoms with Crippen LogP contribution in [0.2, 0.25) is 0 Å². The van der Waals surface area contributed by atoms with Gasteiger partial charge in [0.05, 0.1) is 12.6 Å². The van der Waals surface area contributed by atoms with Crippen molar-refractivity contribution in [3.05, 3.63) is 48.5 Å². The van der Waals surface area contributed by atoms with Crippen molar-refractivity contribution in [1.29, 1.82) is 0 Å². The Morgan fingerprint density at radius 3 is 2.59 bits per heavy atom. The van der Waals surface area contributed by atoms with Crippen LogP contribution in [-0.4, -0.2) is 62.9 Å². The molecule has 2 aromatic heterocycles. The number of anilines is 2. The highest BCUT2D eigenvalue weighted by atomic mass is 15.4. The first-order valence-corrected chi connectivity index (χ1v) is 10.3. The van der Waals surface area contributed by atoms with Crippen LogP contribution in [0, 0.1) is 0 Å². The number of hydrogen-bond donors (Lipinski definition) is 1. The number of nitrogens with one attached hydrogen (secondary N) is 1. The average Bonchev–Trinajstić information content (AvgIpc) is 3.51. The van der Waals surface area contributed by atoms with Crippen LogP contribution in [0.3, 0.4) is 0 Å². The Balaban J connectivity index is 1.39. The van der Waals surface area contributed by atoms with Gasteiger partial charge >= 0.3 is 0 Å². The van der Waals surface area contributed by atoms with E-state index in [-0.39, 0.29) is 0 Å². The van der Waals surface area contributed by atoms with Crippen LogP contribution >= 0.6 is 0 Å². The average molecular weight is 390 g/mol. The van der Waals surface area contributed by atoms with Crippen LogP contribution in [0.5, 0.6) is 0 Å². The lowest BCUT2D eigenvalue weighted by atomic mass is 10.2. The predicted octanol–water partition coefficient (Wildman–Crippen LogP) is 2.43. The van der Waals surface area contributed by atoms with Gasteiger partial charge in [0, 0.05) is 37.8 Å². The molecule has 1 saturated carbocycles. The summed E-state index contributed by atoms with van der Waals surface area (Å²) in [5.41, 5.74) is 1.02. The van der Waals surface area contributed by atoms with Gasteiger partial charge in [-0.3, -0.25) is 0 Å². The maximum Gasteiger partial charge on any atom is 0.169 e. The van der Waals surface area contributed by atoms with E-state index in [1.807, 2.05) is 47.4 Å². The summed E-state index contributed by atoms with van der Waals surface area (Å²) >= 11 is 0. The second-order valence-electron chi connectivity index (χ2n) is 7.82. The fourth-order valence-corrected chi connectivity index (χ4v) is 3.52. The smallest absolute Gasteiger partial charge is 0.169 e. The Labute approximate surface area is 170 Å². The molecule has 2 aliphatic rings. The van der Waals surface area contributed by atoms with E-state index in [0.29, 0.717) is 12.6 Å². The van der Waals surface area contributed by atoms with Gasteiger partial charge in [0.25, 0.3) is 0 Å². The summed E-state index contributed by atoms with van der Waals surface area (Å²) in [5, 5.41) is 7.98. The second kappa shape index (κ2) is 7.79. The number of benzene rings is 1. The maximum absolute atomic E-state index is 4.86. The summed E-state index contributed by atoms with van der Waals surface area (Å²) < 4.78 is 1.97. The van der Waals surface area contributed by atoms with Gasteiger partial charge in [-0.1, -0.05) is 30.3 Å². The topological polar surface area (TPSA) is 75.0 Å². The van der Waals surface area contributed by atoms with Gasteiger partial charge in [-0.15, -0.1) is 0 Å². The summed E-state index contributed by atoms with van der Waals surface area (Å²) in [6.07, 6.45) is 4.24. The highest BCUT2D eigenvalue weighted by molar-refractivity contribution is 5.61. The van der Waals surface area contributed by atoms with Crippen molar-refractivity contribution in [2.75, 3.05) is 43.4 Å². The number of hydrogen-bond acceptors (Lipinski definition) is 7. The third kappa shape index (κ3) is 4.22. The predicted molar refractivity (Wildman–Crippen MR) is 113 cm³/mol. The monoisotopic (exact) mass is 390 g/mol. The molecule has 8 nitrogen and oxygen atoms in total. The SMILES string of the molecule is CN1CCN(c2cc(NCc3ncn(C4CC4)n3)nc(-c3ccccc3)n2)CC1. The van der Waals surface area contributed by atoms with Crippen molar-refractivity contribution < 1.29 is 0 Å². The molecule has 0 amide bonds. The Morgan fingerprint density at radius 1 is 1.03 bits per heavy atom. The van der Waals surface area contributed by atoms with Crippen molar-refractivity contribution >= 4 is 11.6 Å². The molecular weight excluding hydrogens is 364 g/mol. The number of piperazine rings is 1. The van der Waals surface area contributed by atoms with Crippen molar-refractivity contribution in [3.8, 4) is 11.4 Å². The first kappa shape index (κ1) is 18.1. The molecule has 0 bridgehead atoms. The lowest BCUT2D eigenvalue weighted by Crippen LogP contribution is -2.44. The van der Waals surface area contributed by atoms with Crippen molar-refractivity contribution in [1.82, 2.24) is 29.6 Å². The minimum atomic E-state index is 0.545. The van der Waals surface area contributed by atoms with Gasteiger partial charge in [0.15, 0.2) is 11.6 Å². The fourth-order valence-electron chi connectivity index (χ4n) is 3.52. The number of aromatic nitrogens is 5. The summed E-state index contributed by atoms with van der Waals surface area (Å²) in [6.45, 7) is 4.56. The van der Waals surface area contributed by atoms with E-state index >= 15 is 0 Å². The molecule has 0 unspecified atom stereocenters. The first-order chi connectivity index (χ1) is 14.2. The maximum atomic E-state index is 4.86. The zero-order valence-electron chi connectivity index (χ0n) is 16.7. The highest BCUT2D eigenvalue weighted by Crippen LogP contribution is 2.33. The van der Waals surface area contributed by atoms with E-state index in [4.69, 9.17) is 9.97 Å². The summed E-state index contributed by atoms with van der Waals surface area (Å²) in [5.74, 6) is 3.29. The zero-order valence-corrected chi connectivity index (χ0v) is 16.7. The summed E-state index contributed by atoms with van der Waals surface area (Å²) in [7, 11) is 2.16. The molecule has 3 heterocycles. The Hall–Kier alpha value is -3.00. The van der Waals surface area contributed by atoms with E-state index in [1.165, 1.54) is 12.8 Å². The molecule has 0 atom stereocenters. The quantitative estimate of drug-likeness (QED) is 0.693. The molecular formula is C21H26N8. The van der Waals surface area contributed by atoms with Crippen LogP contribution in [0.1, 0.15) is 24.7 Å². The van der Waals surface area contributed by atoms with Gasteiger partial charge < -0.3 is 15.1 Å². The number of nitrogens with zero attached hydrogens (tertiary/aromatic N) is 7. The van der Waals surface area contributed by atoms with Gasteiger partial charge in [0.2, 0.25) is 0 Å². The molecule has 150 valence electrons. The first-order valence-electron chi connectivity index (χ1n) is 10.3. The lowest BCUT2D eigenvalue weighted by molar-refractivity contribution is 0.312. The molecule has 2 fully saturated rings. The fraction of sp³-hybridized carbons (Fsp3) is 0.429. The van der Waals surface area contributed by atoms with E-state index in [1.54, 1.807) is 0 Å². The van der Waals surface area contributed by atoms with Crippen LogP contribution in [0.25, 0.3) is 11.4 Å². The largest absolute Gasteiger partial charge is 0.363 e. The van der Waals surface area contributed by atoms with E-state index < -0.39 is 0 Å². The third-order valence-electron chi connectivity index (χ3n) is 5.48. The number of likely N-dealkylation sites (N-methyl/N-ethyl adjacent to an activating group) is 1. The van der Waals surface area contributed by atoms with Crippen LogP contribution in [0.15, 0.2) is 42.7 Å². The van der Waals surface area contributed by atoms with Crippen molar-refractivity contribution in [2.24, 2.45) is 0 Å². The normalized spacial score (nSPS) is 17.5. The van der Waals surface area contributed by atoms with Crippen molar-refractivity contribution in [3.63, 3.8) is 0 Å². The van der Waals surface area contributed by atoms with Crippen LogP contribution in [-0.2, 0) is 6.54 Å². The summed E-state index contributed by atoms with van der Waals surface area (Å²) in [6, 6.07) is 12.7. The van der Waals surface area contributed by atoms with Gasteiger partial charge in [-0.05, 0) is 19.9 Å². The van der Waals surface area contributed by atoms with E-state index in [0.717, 1.165) is 55.0 Å². The Morgan fingerprint density at radius 2 is 1.83 bits per heavy atom. The number of rotatable bonds is 6. The molecule has 5 rings (SSSR count). The Bertz CT molecular complexity index is 958. The lowest BCUT2D eigenvalue weighted by Gasteiger charge is -2.33. The van der Waals surface area contributed by atoms with Gasteiger partial charge in [-0.2, -0.15) is 5.10 Å². The molecule has 1 aliphatic heterocycles. The molecule has 8 heteroatoms. The molecule has 29 heavy (non-hydrogen) atoms. The zero-order chi connectivity index (χ0) is 19.6. The molecule has 0 radical (unpaired) electrons. The molecule has 1 N–H and O–H groups in total. The molecule has 1 aliphatic carbocycles. The highest BCUT2D eigenvalue weighted by Gasteiger charge is 2.24. The molecule has 1 saturated heterocycles. The molecule has 0 spiro atoms. The molecule has 1 aromatic carbocycles. The van der Waals surface area contributed by atoms with Gasteiger partial charge in [0.1, 0.15) is 18.0 Å². The summed E-state index contributed by atoms with van der Waals surface area (Å²) in [4.78, 5) is 18.7.